The summed E-state index contributed by atoms with van der Waals surface area (Å²) >= 11 is 3.46. The summed E-state index contributed by atoms with van der Waals surface area (Å²) in [6, 6.07) is 7.70. The van der Waals surface area contributed by atoms with Gasteiger partial charge >= 0.3 is 0 Å². The summed E-state index contributed by atoms with van der Waals surface area (Å²) in [5, 5.41) is 0. The Labute approximate surface area is 120 Å². The molecule has 0 saturated carbocycles. The highest BCUT2D eigenvalue weighted by atomic mass is 79.9. The first kappa shape index (κ1) is 12.6. The lowest BCUT2D eigenvalue weighted by Crippen LogP contribution is -2.30. The topological polar surface area (TPSA) is 37.4 Å². The number of hydrogen-bond acceptors (Lipinski definition) is 2. The van der Waals surface area contributed by atoms with Crippen LogP contribution in [-0.4, -0.2) is 16.7 Å². The summed E-state index contributed by atoms with van der Waals surface area (Å²) in [6.07, 6.45) is 5.41. The van der Waals surface area contributed by atoms with Crippen LogP contribution in [0.2, 0.25) is 0 Å². The SMILES string of the molecule is O=C1[C@H]2CC=CC[C@H]2C(=O)N1Cc1ccccc1Br. The zero-order valence-corrected chi connectivity index (χ0v) is 12.0. The maximum absolute atomic E-state index is 12.3. The molecule has 1 aliphatic heterocycles. The summed E-state index contributed by atoms with van der Waals surface area (Å²) in [7, 11) is 0. The van der Waals surface area contributed by atoms with Crippen LogP contribution >= 0.6 is 15.9 Å². The van der Waals surface area contributed by atoms with Crippen LogP contribution in [0.3, 0.4) is 0 Å². The van der Waals surface area contributed by atoms with E-state index in [1.165, 1.54) is 4.90 Å². The third-order valence-electron chi connectivity index (χ3n) is 3.89. The smallest absolute Gasteiger partial charge is 0.233 e. The van der Waals surface area contributed by atoms with Crippen molar-refractivity contribution >= 4 is 27.7 Å². The molecule has 1 saturated heterocycles. The molecule has 0 N–H and O–H groups in total. The van der Waals surface area contributed by atoms with Crippen molar-refractivity contribution < 1.29 is 9.59 Å². The minimum Gasteiger partial charge on any atom is -0.278 e. The number of carbonyl (C=O) groups is 2. The fourth-order valence-corrected chi connectivity index (χ4v) is 3.23. The largest absolute Gasteiger partial charge is 0.278 e. The molecule has 98 valence electrons. The first-order valence-electron chi connectivity index (χ1n) is 6.42. The Kier molecular flexibility index (Phi) is 3.27. The Morgan fingerprint density at radius 1 is 1.05 bits per heavy atom. The highest BCUT2D eigenvalue weighted by Gasteiger charge is 2.46. The zero-order valence-electron chi connectivity index (χ0n) is 10.4. The maximum Gasteiger partial charge on any atom is 0.233 e. The quantitative estimate of drug-likeness (QED) is 0.621. The van der Waals surface area contributed by atoms with Crippen LogP contribution in [0.1, 0.15) is 18.4 Å². The van der Waals surface area contributed by atoms with Gasteiger partial charge in [0.1, 0.15) is 0 Å². The highest BCUT2D eigenvalue weighted by Crippen LogP contribution is 2.36. The van der Waals surface area contributed by atoms with Gasteiger partial charge in [-0.25, -0.2) is 0 Å². The Hall–Kier alpha value is -1.42. The van der Waals surface area contributed by atoms with Crippen LogP contribution < -0.4 is 0 Å². The van der Waals surface area contributed by atoms with E-state index >= 15 is 0 Å². The number of nitrogens with zero attached hydrogens (tertiary/aromatic N) is 1. The minimum absolute atomic E-state index is 0.0184. The Balaban J connectivity index is 1.85. The standard InChI is InChI=1S/C15H14BrNO2/c16-13-8-4-1-5-10(13)9-17-14(18)11-6-2-3-7-12(11)15(17)19/h1-5,8,11-12H,6-7,9H2/t11-,12+. The van der Waals surface area contributed by atoms with Crippen molar-refractivity contribution in [2.45, 2.75) is 19.4 Å². The van der Waals surface area contributed by atoms with Crippen molar-refractivity contribution in [1.82, 2.24) is 4.90 Å². The predicted molar refractivity (Wildman–Crippen MR) is 75.1 cm³/mol. The van der Waals surface area contributed by atoms with Crippen molar-refractivity contribution in [3.63, 3.8) is 0 Å². The average Bonchev–Trinajstić information content (AvgIpc) is 2.67. The van der Waals surface area contributed by atoms with Crippen LogP contribution in [-0.2, 0) is 16.1 Å². The van der Waals surface area contributed by atoms with Gasteiger partial charge in [-0.2, -0.15) is 0 Å². The molecule has 0 unspecified atom stereocenters. The van der Waals surface area contributed by atoms with E-state index in [1.54, 1.807) is 0 Å². The molecule has 4 heteroatoms. The minimum atomic E-state index is -0.139. The first-order valence-corrected chi connectivity index (χ1v) is 7.21. The number of benzene rings is 1. The van der Waals surface area contributed by atoms with Gasteiger partial charge in [-0.05, 0) is 24.5 Å². The first-order chi connectivity index (χ1) is 9.18. The van der Waals surface area contributed by atoms with Gasteiger partial charge in [0.25, 0.3) is 0 Å². The third-order valence-corrected chi connectivity index (χ3v) is 4.66. The second kappa shape index (κ2) is 4.93. The van der Waals surface area contributed by atoms with E-state index in [0.717, 1.165) is 10.0 Å². The summed E-state index contributed by atoms with van der Waals surface area (Å²) in [5.74, 6) is -0.315. The van der Waals surface area contributed by atoms with E-state index in [0.29, 0.717) is 19.4 Å². The molecule has 19 heavy (non-hydrogen) atoms. The van der Waals surface area contributed by atoms with Crippen LogP contribution in [0.5, 0.6) is 0 Å². The normalized spacial score (nSPS) is 25.8. The van der Waals surface area contributed by atoms with E-state index in [2.05, 4.69) is 15.9 Å². The molecule has 1 aliphatic carbocycles. The molecule has 1 aromatic carbocycles. The van der Waals surface area contributed by atoms with Crippen LogP contribution in [0.4, 0.5) is 0 Å². The summed E-state index contributed by atoms with van der Waals surface area (Å²) in [5.41, 5.74) is 0.968. The third kappa shape index (κ3) is 2.14. The fourth-order valence-electron chi connectivity index (χ4n) is 2.82. The van der Waals surface area contributed by atoms with Gasteiger partial charge in [0, 0.05) is 4.47 Å². The van der Waals surface area contributed by atoms with Gasteiger partial charge in [0.05, 0.1) is 18.4 Å². The number of hydrogen-bond donors (Lipinski definition) is 0. The molecule has 3 rings (SSSR count). The molecule has 3 nitrogen and oxygen atoms in total. The van der Waals surface area contributed by atoms with E-state index in [1.807, 2.05) is 36.4 Å². The molecule has 2 atom stereocenters. The molecule has 2 amide bonds. The lowest BCUT2D eigenvalue weighted by Gasteiger charge is -2.15. The summed E-state index contributed by atoms with van der Waals surface area (Å²) in [6.45, 7) is 0.367. The van der Waals surface area contributed by atoms with Gasteiger partial charge in [-0.3, -0.25) is 14.5 Å². The predicted octanol–water partition coefficient (Wildman–Crippen LogP) is 2.90. The number of rotatable bonds is 2. The second-order valence-electron chi connectivity index (χ2n) is 5.01. The van der Waals surface area contributed by atoms with E-state index in [-0.39, 0.29) is 23.7 Å². The number of imide groups is 1. The molecule has 0 aromatic heterocycles. The van der Waals surface area contributed by atoms with Gasteiger partial charge < -0.3 is 0 Å². The molecule has 2 aliphatic rings. The monoisotopic (exact) mass is 319 g/mol. The number of likely N-dealkylation sites (tertiary alicyclic amines) is 1. The van der Waals surface area contributed by atoms with Gasteiger partial charge in [0.15, 0.2) is 0 Å². The van der Waals surface area contributed by atoms with Gasteiger partial charge in [-0.15, -0.1) is 0 Å². The summed E-state index contributed by atoms with van der Waals surface area (Å²) < 4.78 is 0.934. The van der Waals surface area contributed by atoms with E-state index in [9.17, 15) is 9.59 Å². The fraction of sp³-hybridized carbons (Fsp3) is 0.333. The maximum atomic E-state index is 12.3. The van der Waals surface area contributed by atoms with Crippen LogP contribution in [0.15, 0.2) is 40.9 Å². The van der Waals surface area contributed by atoms with Crippen LogP contribution in [0, 0.1) is 11.8 Å². The van der Waals surface area contributed by atoms with Crippen molar-refractivity contribution in [2.24, 2.45) is 11.8 Å². The number of allylic oxidation sites excluding steroid dienone is 2. The molecular formula is C15H14BrNO2. The van der Waals surface area contributed by atoms with Crippen molar-refractivity contribution in [3.05, 3.63) is 46.5 Å². The van der Waals surface area contributed by atoms with Gasteiger partial charge in [0.2, 0.25) is 11.8 Å². The lowest BCUT2D eigenvalue weighted by atomic mass is 9.85. The van der Waals surface area contributed by atoms with E-state index in [4.69, 9.17) is 0 Å². The van der Waals surface area contributed by atoms with Crippen LogP contribution in [0.25, 0.3) is 0 Å². The zero-order chi connectivity index (χ0) is 13.4. The number of amides is 2. The number of halogens is 1. The highest BCUT2D eigenvalue weighted by molar-refractivity contribution is 9.10. The molecule has 1 heterocycles. The molecular weight excluding hydrogens is 306 g/mol. The molecule has 0 bridgehead atoms. The van der Waals surface area contributed by atoms with Crippen molar-refractivity contribution in [2.75, 3.05) is 0 Å². The number of carbonyl (C=O) groups excluding carboxylic acids is 2. The number of fused-ring (bicyclic) bond motifs is 1. The lowest BCUT2D eigenvalue weighted by molar-refractivity contribution is -0.140. The van der Waals surface area contributed by atoms with Gasteiger partial charge in [-0.1, -0.05) is 46.3 Å². The average molecular weight is 320 g/mol. The van der Waals surface area contributed by atoms with Crippen molar-refractivity contribution in [1.29, 1.82) is 0 Å². The van der Waals surface area contributed by atoms with E-state index < -0.39 is 0 Å². The Bertz CT molecular complexity index is 541. The second-order valence-corrected chi connectivity index (χ2v) is 5.86. The molecule has 0 spiro atoms. The molecule has 1 aromatic rings. The Morgan fingerprint density at radius 3 is 2.21 bits per heavy atom. The molecule has 0 radical (unpaired) electrons. The molecule has 1 fully saturated rings. The Morgan fingerprint density at radius 2 is 1.63 bits per heavy atom. The van der Waals surface area contributed by atoms with Crippen molar-refractivity contribution in [3.8, 4) is 0 Å². The summed E-state index contributed by atoms with van der Waals surface area (Å²) in [4.78, 5) is 26.1.